The van der Waals surface area contributed by atoms with Crippen molar-refractivity contribution in [2.45, 2.75) is 81.8 Å². The van der Waals surface area contributed by atoms with Crippen LogP contribution in [0.1, 0.15) is 69.4 Å². The number of aryl methyl sites for hydroxylation is 1. The molecule has 1 saturated carbocycles. The third kappa shape index (κ3) is 6.16. The number of carbonyl (C=O) groups is 2. The van der Waals surface area contributed by atoms with E-state index in [1.807, 2.05) is 31.3 Å². The smallest absolute Gasteiger partial charge is 0.308 e. The number of aliphatic hydroxyl groups is 1. The number of amides is 1. The molecule has 36 heavy (non-hydrogen) atoms. The Hall–Kier alpha value is -2.70. The number of unbranched alkanes of at least 4 members (excludes halogenated alkanes) is 2. The number of nitrogens with zero attached hydrogens (tertiary/aromatic N) is 1. The number of rotatable bonds is 9. The SMILES string of the molecule is CC(=O)Oc1cccc(C23CCN(C)CC2(O)CCC(NC(=O)CCCCCc2ccccc2)C3)c1. The molecule has 1 heterocycles. The normalized spacial score (nSPS) is 26.1. The summed E-state index contributed by atoms with van der Waals surface area (Å²) < 4.78 is 5.36. The fraction of sp³-hybridized carbons (Fsp3) is 0.533. The molecule has 3 atom stereocenters. The van der Waals surface area contributed by atoms with E-state index in [2.05, 4.69) is 34.5 Å². The highest BCUT2D eigenvalue weighted by molar-refractivity contribution is 5.76. The van der Waals surface area contributed by atoms with Crippen LogP contribution in [-0.4, -0.2) is 53.7 Å². The molecule has 1 saturated heterocycles. The van der Waals surface area contributed by atoms with E-state index in [0.29, 0.717) is 31.6 Å². The molecule has 0 bridgehead atoms. The molecule has 1 aliphatic heterocycles. The Bertz CT molecular complexity index is 1040. The highest BCUT2D eigenvalue weighted by atomic mass is 16.5. The number of hydrogen-bond acceptors (Lipinski definition) is 5. The first-order chi connectivity index (χ1) is 17.3. The lowest BCUT2D eigenvalue weighted by atomic mass is 9.55. The van der Waals surface area contributed by atoms with Crippen LogP contribution >= 0.6 is 0 Å². The first kappa shape index (κ1) is 26.4. The molecule has 0 spiro atoms. The number of fused-ring (bicyclic) bond motifs is 1. The van der Waals surface area contributed by atoms with Crippen LogP contribution in [0.3, 0.4) is 0 Å². The fourth-order valence-electron chi connectivity index (χ4n) is 6.25. The van der Waals surface area contributed by atoms with Crippen LogP contribution in [0.25, 0.3) is 0 Å². The molecule has 6 heteroatoms. The third-order valence-corrected chi connectivity index (χ3v) is 8.07. The molecule has 2 N–H and O–H groups in total. The van der Waals surface area contributed by atoms with Crippen LogP contribution in [0, 0.1) is 0 Å². The van der Waals surface area contributed by atoms with Gasteiger partial charge in [0.1, 0.15) is 5.75 Å². The van der Waals surface area contributed by atoms with Gasteiger partial charge in [-0.2, -0.15) is 0 Å². The van der Waals surface area contributed by atoms with Crippen LogP contribution in [0.5, 0.6) is 5.75 Å². The lowest BCUT2D eigenvalue weighted by Crippen LogP contribution is -2.66. The zero-order valence-electron chi connectivity index (χ0n) is 21.7. The summed E-state index contributed by atoms with van der Waals surface area (Å²) in [6.07, 6.45) is 7.44. The first-order valence-corrected chi connectivity index (χ1v) is 13.3. The summed E-state index contributed by atoms with van der Waals surface area (Å²) in [6, 6.07) is 18.1. The molecule has 2 fully saturated rings. The summed E-state index contributed by atoms with van der Waals surface area (Å²) >= 11 is 0. The van der Waals surface area contributed by atoms with E-state index in [-0.39, 0.29) is 17.9 Å². The number of ether oxygens (including phenoxy) is 1. The van der Waals surface area contributed by atoms with Crippen LogP contribution in [0.4, 0.5) is 0 Å². The van der Waals surface area contributed by atoms with Gasteiger partial charge in [0.25, 0.3) is 0 Å². The fourth-order valence-corrected chi connectivity index (χ4v) is 6.25. The Morgan fingerprint density at radius 1 is 1.08 bits per heavy atom. The van der Waals surface area contributed by atoms with Crippen LogP contribution in [0.15, 0.2) is 54.6 Å². The van der Waals surface area contributed by atoms with Crippen molar-refractivity contribution in [3.8, 4) is 5.75 Å². The van der Waals surface area contributed by atoms with Crippen molar-refractivity contribution in [3.63, 3.8) is 0 Å². The maximum atomic E-state index is 12.8. The number of hydrogen-bond donors (Lipinski definition) is 2. The molecule has 3 unspecified atom stereocenters. The molecule has 4 rings (SSSR count). The van der Waals surface area contributed by atoms with Crippen molar-refractivity contribution < 1.29 is 19.4 Å². The van der Waals surface area contributed by atoms with Crippen molar-refractivity contribution in [3.05, 3.63) is 65.7 Å². The summed E-state index contributed by atoms with van der Waals surface area (Å²) in [4.78, 5) is 26.5. The average molecular weight is 493 g/mol. The first-order valence-electron chi connectivity index (χ1n) is 13.3. The van der Waals surface area contributed by atoms with Gasteiger partial charge < -0.3 is 20.1 Å². The number of likely N-dealkylation sites (tertiary alicyclic amines) is 1. The van der Waals surface area contributed by atoms with Crippen LogP contribution in [0.2, 0.25) is 0 Å². The predicted molar refractivity (Wildman–Crippen MR) is 141 cm³/mol. The van der Waals surface area contributed by atoms with Gasteiger partial charge in [0.2, 0.25) is 5.91 Å². The van der Waals surface area contributed by atoms with Crippen molar-refractivity contribution in [2.24, 2.45) is 0 Å². The van der Waals surface area contributed by atoms with Crippen molar-refractivity contribution >= 4 is 11.9 Å². The number of β-amino-alcohol motifs (C(OH)–C–C–N with tert-alkyl or cyclic N) is 1. The second-order valence-corrected chi connectivity index (χ2v) is 10.8. The van der Waals surface area contributed by atoms with Gasteiger partial charge in [0.05, 0.1) is 5.60 Å². The van der Waals surface area contributed by atoms with Crippen molar-refractivity contribution in [1.29, 1.82) is 0 Å². The molecule has 1 aliphatic carbocycles. The van der Waals surface area contributed by atoms with E-state index < -0.39 is 11.0 Å². The van der Waals surface area contributed by atoms with Gasteiger partial charge in [-0.05, 0) is 81.8 Å². The summed E-state index contributed by atoms with van der Waals surface area (Å²) in [5.41, 5.74) is 0.935. The molecule has 194 valence electrons. The van der Waals surface area contributed by atoms with Gasteiger partial charge in [-0.15, -0.1) is 0 Å². The van der Waals surface area contributed by atoms with Gasteiger partial charge in [0, 0.05) is 31.3 Å². The van der Waals surface area contributed by atoms with Crippen molar-refractivity contribution in [2.75, 3.05) is 20.1 Å². The Morgan fingerprint density at radius 3 is 2.67 bits per heavy atom. The Labute approximate surface area is 215 Å². The lowest BCUT2D eigenvalue weighted by molar-refractivity contribution is -0.132. The zero-order chi connectivity index (χ0) is 25.6. The van der Waals surface area contributed by atoms with Crippen LogP contribution in [-0.2, 0) is 21.4 Å². The van der Waals surface area contributed by atoms with Gasteiger partial charge in [-0.25, -0.2) is 0 Å². The number of carbonyl (C=O) groups excluding carboxylic acids is 2. The Kier molecular flexibility index (Phi) is 8.47. The predicted octanol–water partition coefficient (Wildman–Crippen LogP) is 4.39. The molecule has 2 aliphatic rings. The molecule has 2 aromatic rings. The summed E-state index contributed by atoms with van der Waals surface area (Å²) in [6.45, 7) is 2.85. The number of esters is 1. The summed E-state index contributed by atoms with van der Waals surface area (Å²) in [5, 5.41) is 15.2. The summed E-state index contributed by atoms with van der Waals surface area (Å²) in [7, 11) is 2.04. The lowest BCUT2D eigenvalue weighted by Gasteiger charge is -2.57. The van der Waals surface area contributed by atoms with Gasteiger partial charge in [-0.1, -0.05) is 48.9 Å². The molecule has 0 radical (unpaired) electrons. The average Bonchev–Trinajstić information content (AvgIpc) is 2.84. The number of benzene rings is 2. The quantitative estimate of drug-likeness (QED) is 0.308. The topological polar surface area (TPSA) is 78.9 Å². The van der Waals surface area contributed by atoms with E-state index in [1.54, 1.807) is 6.07 Å². The van der Waals surface area contributed by atoms with Crippen LogP contribution < -0.4 is 10.1 Å². The molecule has 2 aromatic carbocycles. The molecule has 0 aromatic heterocycles. The highest BCUT2D eigenvalue weighted by Crippen LogP contribution is 2.52. The second-order valence-electron chi connectivity index (χ2n) is 10.8. The minimum absolute atomic E-state index is 0.0166. The molecular weight excluding hydrogens is 452 g/mol. The van der Waals surface area contributed by atoms with Gasteiger partial charge in [-0.3, -0.25) is 9.59 Å². The summed E-state index contributed by atoms with van der Waals surface area (Å²) in [5.74, 6) is 0.236. The second kappa shape index (κ2) is 11.6. The van der Waals surface area contributed by atoms with Gasteiger partial charge in [0.15, 0.2) is 0 Å². The maximum absolute atomic E-state index is 12.8. The molecular formula is C30H40N2O4. The minimum atomic E-state index is -0.895. The largest absolute Gasteiger partial charge is 0.427 e. The van der Waals surface area contributed by atoms with E-state index in [0.717, 1.165) is 50.6 Å². The van der Waals surface area contributed by atoms with E-state index in [1.165, 1.54) is 12.5 Å². The number of likely N-dealkylation sites (N-methyl/N-ethyl adjacent to an activating group) is 1. The van der Waals surface area contributed by atoms with E-state index in [9.17, 15) is 14.7 Å². The minimum Gasteiger partial charge on any atom is -0.427 e. The number of nitrogens with one attached hydrogen (secondary N) is 1. The monoisotopic (exact) mass is 492 g/mol. The van der Waals surface area contributed by atoms with Crippen molar-refractivity contribution in [1.82, 2.24) is 10.2 Å². The Morgan fingerprint density at radius 2 is 1.89 bits per heavy atom. The highest BCUT2D eigenvalue weighted by Gasteiger charge is 2.57. The molecule has 1 amide bonds. The van der Waals surface area contributed by atoms with Gasteiger partial charge >= 0.3 is 5.97 Å². The Balaban J connectivity index is 1.38. The third-order valence-electron chi connectivity index (χ3n) is 8.07. The standard InChI is InChI=1S/C30H40N2O4/c1-23(33)36-27-14-9-13-25(20-27)29-18-19-32(2)22-30(29,35)17-16-26(21-29)31-28(34)15-8-4-7-12-24-10-5-3-6-11-24/h3,5-6,9-11,13-14,20,26,35H,4,7-8,12,15-19,21-22H2,1-2H3,(H,31,34). The zero-order valence-corrected chi connectivity index (χ0v) is 21.7. The van der Waals surface area contributed by atoms with E-state index in [4.69, 9.17) is 4.74 Å². The maximum Gasteiger partial charge on any atom is 0.308 e. The van der Waals surface area contributed by atoms with E-state index >= 15 is 0 Å². The number of piperidine rings is 1. The molecule has 6 nitrogen and oxygen atoms in total.